The van der Waals surface area contributed by atoms with Crippen LogP contribution in [0.2, 0.25) is 0 Å². The van der Waals surface area contributed by atoms with E-state index in [2.05, 4.69) is 15.5 Å². The molecule has 1 aliphatic carbocycles. The number of aromatic nitrogens is 2. The molecule has 6 nitrogen and oxygen atoms in total. The van der Waals surface area contributed by atoms with Gasteiger partial charge < -0.3 is 5.32 Å². The normalized spacial score (nSPS) is 12.5. The number of carbonyl (C=O) groups is 3. The predicted molar refractivity (Wildman–Crippen MR) is 99.0 cm³/mol. The summed E-state index contributed by atoms with van der Waals surface area (Å²) in [5.74, 6) is -0.618. The van der Waals surface area contributed by atoms with Crippen LogP contribution in [0.5, 0.6) is 0 Å². The Kier molecular flexibility index (Phi) is 4.36. The first kappa shape index (κ1) is 16.6. The fraction of sp³-hybridized carbons (Fsp3) is 0.0556. The number of hydrogen-bond donors (Lipinski definition) is 1. The van der Waals surface area contributed by atoms with Crippen LogP contribution in [0.4, 0.5) is 5.69 Å². The molecule has 0 spiro atoms. The van der Waals surface area contributed by atoms with E-state index < -0.39 is 0 Å². The van der Waals surface area contributed by atoms with E-state index in [0.717, 1.165) is 0 Å². The van der Waals surface area contributed by atoms with Gasteiger partial charge in [-0.15, -0.1) is 10.2 Å². The molecule has 0 aliphatic heterocycles. The number of rotatable bonds is 4. The minimum Gasteiger partial charge on any atom is -0.325 e. The monoisotopic (exact) mass is 381 g/mol. The molecular formula is C18H11N3O3S2. The van der Waals surface area contributed by atoms with E-state index in [9.17, 15) is 14.4 Å². The van der Waals surface area contributed by atoms with Gasteiger partial charge in [0.1, 0.15) is 5.51 Å². The van der Waals surface area contributed by atoms with Crippen LogP contribution in [0.15, 0.2) is 52.3 Å². The maximum Gasteiger partial charge on any atom is 0.234 e. The van der Waals surface area contributed by atoms with Gasteiger partial charge >= 0.3 is 0 Å². The van der Waals surface area contributed by atoms with Crippen LogP contribution >= 0.6 is 23.1 Å². The lowest BCUT2D eigenvalue weighted by Crippen LogP contribution is -2.24. The number of ketones is 2. The van der Waals surface area contributed by atoms with Crippen molar-refractivity contribution in [1.82, 2.24) is 10.2 Å². The second kappa shape index (κ2) is 6.81. The van der Waals surface area contributed by atoms with Crippen LogP contribution in [0, 0.1) is 0 Å². The van der Waals surface area contributed by atoms with Crippen molar-refractivity contribution in [3.8, 4) is 0 Å². The van der Waals surface area contributed by atoms with E-state index >= 15 is 0 Å². The molecule has 3 aromatic rings. The quantitative estimate of drug-likeness (QED) is 0.547. The van der Waals surface area contributed by atoms with Crippen LogP contribution in [0.1, 0.15) is 31.8 Å². The van der Waals surface area contributed by atoms with Gasteiger partial charge in [0, 0.05) is 16.7 Å². The number of fused-ring (bicyclic) bond motifs is 2. The third kappa shape index (κ3) is 2.93. The van der Waals surface area contributed by atoms with E-state index in [0.29, 0.717) is 26.7 Å². The molecule has 1 heterocycles. The second-order valence-electron chi connectivity index (χ2n) is 5.47. The van der Waals surface area contributed by atoms with E-state index in [-0.39, 0.29) is 28.8 Å². The largest absolute Gasteiger partial charge is 0.325 e. The molecule has 1 aromatic heterocycles. The topological polar surface area (TPSA) is 89.0 Å². The lowest BCUT2D eigenvalue weighted by molar-refractivity contribution is -0.113. The van der Waals surface area contributed by atoms with Gasteiger partial charge in [-0.25, -0.2) is 0 Å². The average Bonchev–Trinajstić information content (AvgIpc) is 3.18. The summed E-state index contributed by atoms with van der Waals surface area (Å²) in [6.45, 7) is 0. The molecule has 26 heavy (non-hydrogen) atoms. The predicted octanol–water partition coefficient (Wildman–Crippen LogP) is 3.04. The Morgan fingerprint density at radius 3 is 2.46 bits per heavy atom. The molecule has 0 fully saturated rings. The molecule has 0 saturated heterocycles. The number of benzene rings is 2. The molecule has 128 valence electrons. The molecule has 0 atom stereocenters. The minimum atomic E-state index is -0.280. The van der Waals surface area contributed by atoms with Crippen molar-refractivity contribution < 1.29 is 14.4 Å². The van der Waals surface area contributed by atoms with Gasteiger partial charge in [-0.1, -0.05) is 59.5 Å². The maximum absolute atomic E-state index is 12.9. The van der Waals surface area contributed by atoms with Gasteiger partial charge in [0.25, 0.3) is 0 Å². The number of nitrogens with one attached hydrogen (secondary N) is 1. The summed E-state index contributed by atoms with van der Waals surface area (Å²) in [6, 6.07) is 11.6. The summed E-state index contributed by atoms with van der Waals surface area (Å²) in [5, 5.41) is 10.3. The molecule has 4 rings (SSSR count). The maximum atomic E-state index is 12.9. The van der Waals surface area contributed by atoms with Crippen LogP contribution in [0.25, 0.3) is 0 Å². The summed E-state index contributed by atoms with van der Waals surface area (Å²) in [7, 11) is 0. The van der Waals surface area contributed by atoms with Crippen molar-refractivity contribution in [2.45, 2.75) is 4.34 Å². The summed E-state index contributed by atoms with van der Waals surface area (Å²) in [6.07, 6.45) is 0. The fourth-order valence-electron chi connectivity index (χ4n) is 2.79. The summed E-state index contributed by atoms with van der Waals surface area (Å²) >= 11 is 2.61. The highest BCUT2D eigenvalue weighted by molar-refractivity contribution is 8.01. The molecular weight excluding hydrogens is 370 g/mol. The zero-order valence-corrected chi connectivity index (χ0v) is 14.9. The Bertz CT molecular complexity index is 1030. The molecule has 0 radical (unpaired) electrons. The molecule has 2 aromatic carbocycles. The first-order chi connectivity index (χ1) is 12.6. The Hall–Kier alpha value is -2.84. The van der Waals surface area contributed by atoms with Crippen LogP contribution in [-0.4, -0.2) is 33.4 Å². The van der Waals surface area contributed by atoms with E-state index in [4.69, 9.17) is 0 Å². The third-order valence-electron chi connectivity index (χ3n) is 3.89. The molecule has 8 heteroatoms. The summed E-state index contributed by atoms with van der Waals surface area (Å²) < 4.78 is 0.690. The Morgan fingerprint density at radius 2 is 1.73 bits per heavy atom. The highest BCUT2D eigenvalue weighted by atomic mass is 32.2. The Balaban J connectivity index is 1.62. The molecule has 1 N–H and O–H groups in total. The standard InChI is InChI=1S/C18H11N3O3S2/c22-14(8-25-18-21-19-9-26-18)20-13-7-3-6-12-15(13)17(24)11-5-2-1-4-10(11)16(12)23/h1-7,9H,8H2,(H,20,22). The van der Waals surface area contributed by atoms with Gasteiger partial charge in [0.05, 0.1) is 17.0 Å². The van der Waals surface area contributed by atoms with Crippen molar-refractivity contribution >= 4 is 46.3 Å². The molecule has 1 aliphatic rings. The van der Waals surface area contributed by atoms with Crippen LogP contribution in [-0.2, 0) is 4.79 Å². The van der Waals surface area contributed by atoms with Crippen molar-refractivity contribution in [2.24, 2.45) is 0 Å². The molecule has 0 saturated carbocycles. The number of anilines is 1. The van der Waals surface area contributed by atoms with Gasteiger partial charge in [-0.05, 0) is 6.07 Å². The summed E-state index contributed by atoms with van der Waals surface area (Å²) in [5.41, 5.74) is 3.23. The number of carbonyl (C=O) groups excluding carboxylic acids is 3. The first-order valence-electron chi connectivity index (χ1n) is 7.65. The Morgan fingerprint density at radius 1 is 1.00 bits per heavy atom. The van der Waals surface area contributed by atoms with Crippen molar-refractivity contribution in [3.05, 3.63) is 70.2 Å². The average molecular weight is 381 g/mol. The van der Waals surface area contributed by atoms with Crippen molar-refractivity contribution in [1.29, 1.82) is 0 Å². The smallest absolute Gasteiger partial charge is 0.234 e. The number of hydrogen-bond acceptors (Lipinski definition) is 7. The zero-order chi connectivity index (χ0) is 18.1. The van der Waals surface area contributed by atoms with Crippen LogP contribution in [0.3, 0.4) is 0 Å². The fourth-order valence-corrected chi connectivity index (χ4v) is 4.08. The van der Waals surface area contributed by atoms with Gasteiger partial charge in [0.2, 0.25) is 5.91 Å². The highest BCUT2D eigenvalue weighted by Crippen LogP contribution is 2.32. The highest BCUT2D eigenvalue weighted by Gasteiger charge is 2.31. The second-order valence-corrected chi connectivity index (χ2v) is 7.53. The first-order valence-corrected chi connectivity index (χ1v) is 9.52. The lowest BCUT2D eigenvalue weighted by atomic mass is 9.83. The third-order valence-corrected chi connectivity index (χ3v) is 5.75. The lowest BCUT2D eigenvalue weighted by Gasteiger charge is -2.20. The van der Waals surface area contributed by atoms with E-state index in [1.807, 2.05) is 0 Å². The molecule has 0 unspecified atom stereocenters. The molecule has 1 amide bonds. The summed E-state index contributed by atoms with van der Waals surface area (Å²) in [4.78, 5) is 37.8. The SMILES string of the molecule is O=C(CSc1nncs1)Nc1cccc2c1C(=O)c1ccccc1C2=O. The van der Waals surface area contributed by atoms with Gasteiger partial charge in [-0.2, -0.15) is 0 Å². The number of nitrogens with zero attached hydrogens (tertiary/aromatic N) is 2. The minimum absolute atomic E-state index is 0.136. The van der Waals surface area contributed by atoms with Crippen molar-refractivity contribution in [2.75, 3.05) is 11.1 Å². The zero-order valence-electron chi connectivity index (χ0n) is 13.3. The Labute approximate surface area is 156 Å². The number of amides is 1. The molecule has 0 bridgehead atoms. The van der Waals surface area contributed by atoms with Crippen molar-refractivity contribution in [3.63, 3.8) is 0 Å². The van der Waals surface area contributed by atoms with Gasteiger partial charge in [-0.3, -0.25) is 14.4 Å². The van der Waals surface area contributed by atoms with Crippen LogP contribution < -0.4 is 5.32 Å². The number of thioether (sulfide) groups is 1. The van der Waals surface area contributed by atoms with E-state index in [1.165, 1.54) is 23.1 Å². The van der Waals surface area contributed by atoms with Gasteiger partial charge in [0.15, 0.2) is 15.9 Å². The van der Waals surface area contributed by atoms with E-state index in [1.54, 1.807) is 48.0 Å².